The number of ether oxygens (including phenoxy) is 1. The summed E-state index contributed by atoms with van der Waals surface area (Å²) in [6.07, 6.45) is 5.32. The van der Waals surface area contributed by atoms with E-state index in [0.717, 1.165) is 64.2 Å². The Morgan fingerprint density at radius 3 is 2.62 bits per heavy atom. The van der Waals surface area contributed by atoms with Crippen LogP contribution in [0.2, 0.25) is 0 Å². The smallest absolute Gasteiger partial charge is 0.339 e. The molecule has 8 nitrogen and oxygen atoms in total. The lowest BCUT2D eigenvalue weighted by Gasteiger charge is -2.11. The number of amides is 2. The molecule has 32 heavy (non-hydrogen) atoms. The number of esters is 1. The number of carbonyl (C=O) groups excluding carboxylic acids is 3. The van der Waals surface area contributed by atoms with E-state index >= 15 is 0 Å². The van der Waals surface area contributed by atoms with Crippen molar-refractivity contribution in [1.29, 1.82) is 0 Å². The molecule has 1 saturated heterocycles. The second kappa shape index (κ2) is 8.59. The highest BCUT2D eigenvalue weighted by molar-refractivity contribution is 8.18. The summed E-state index contributed by atoms with van der Waals surface area (Å²) in [4.78, 5) is 50.7. The molecule has 3 heterocycles. The highest BCUT2D eigenvalue weighted by Crippen LogP contribution is 2.39. The fourth-order valence-corrected chi connectivity index (χ4v) is 6.47. The van der Waals surface area contributed by atoms with E-state index in [0.29, 0.717) is 16.1 Å². The minimum absolute atomic E-state index is 0.211. The molecule has 4 rings (SSSR count). The number of thiophene rings is 1. The molecule has 0 saturated carbocycles. The predicted molar refractivity (Wildman–Crippen MR) is 121 cm³/mol. The minimum Gasteiger partial charge on any atom is -0.478 e. The van der Waals surface area contributed by atoms with Crippen molar-refractivity contribution in [2.45, 2.75) is 39.5 Å². The number of imide groups is 1. The number of rotatable bonds is 5. The number of aryl methyl sites for hydroxylation is 2. The largest absolute Gasteiger partial charge is 0.478 e. The molecule has 10 heteroatoms. The SMILES string of the molecule is COC(=O)CN1C(=O)S/C(=C/c2cc(C)n(-c3sc4c(c3C(=O)O)CCCC4)c2C)C1=O. The van der Waals surface area contributed by atoms with E-state index < -0.39 is 29.6 Å². The van der Waals surface area contributed by atoms with Crippen molar-refractivity contribution in [3.05, 3.63) is 43.9 Å². The number of aromatic carboxylic acids is 1. The van der Waals surface area contributed by atoms with Crippen LogP contribution in [0.15, 0.2) is 11.0 Å². The third-order valence-electron chi connectivity index (χ3n) is 5.72. The Balaban J connectivity index is 1.74. The zero-order chi connectivity index (χ0) is 23.2. The van der Waals surface area contributed by atoms with Crippen LogP contribution in [0.5, 0.6) is 0 Å². The van der Waals surface area contributed by atoms with Gasteiger partial charge in [-0.2, -0.15) is 0 Å². The number of carboxylic acid groups (broad SMARTS) is 1. The predicted octanol–water partition coefficient (Wildman–Crippen LogP) is 3.94. The van der Waals surface area contributed by atoms with E-state index in [-0.39, 0.29) is 4.91 Å². The van der Waals surface area contributed by atoms with Crippen LogP contribution in [0, 0.1) is 13.8 Å². The Hall–Kier alpha value is -2.85. The van der Waals surface area contributed by atoms with Gasteiger partial charge in [0.1, 0.15) is 11.5 Å². The van der Waals surface area contributed by atoms with Gasteiger partial charge in [-0.3, -0.25) is 19.3 Å². The maximum atomic E-state index is 12.6. The number of methoxy groups -OCH3 is 1. The lowest BCUT2D eigenvalue weighted by Crippen LogP contribution is -2.34. The van der Waals surface area contributed by atoms with Crippen molar-refractivity contribution in [2.24, 2.45) is 0 Å². The highest BCUT2D eigenvalue weighted by Gasteiger charge is 2.37. The molecule has 2 aliphatic rings. The van der Waals surface area contributed by atoms with Crippen LogP contribution in [0.4, 0.5) is 4.79 Å². The third kappa shape index (κ3) is 3.77. The van der Waals surface area contributed by atoms with Crippen LogP contribution >= 0.6 is 23.1 Å². The maximum absolute atomic E-state index is 12.6. The maximum Gasteiger partial charge on any atom is 0.339 e. The third-order valence-corrected chi connectivity index (χ3v) is 7.90. The lowest BCUT2D eigenvalue weighted by atomic mass is 9.95. The number of aromatic nitrogens is 1. The Morgan fingerprint density at radius 2 is 1.94 bits per heavy atom. The van der Waals surface area contributed by atoms with Crippen molar-refractivity contribution in [1.82, 2.24) is 9.47 Å². The first-order chi connectivity index (χ1) is 15.2. The van der Waals surface area contributed by atoms with Crippen LogP contribution in [-0.2, 0) is 27.2 Å². The van der Waals surface area contributed by atoms with Gasteiger partial charge in [0.05, 0.1) is 17.6 Å². The molecule has 0 spiro atoms. The fraction of sp³-hybridized carbons (Fsp3) is 0.364. The zero-order valence-corrected chi connectivity index (χ0v) is 19.5. The molecule has 1 fully saturated rings. The monoisotopic (exact) mass is 474 g/mol. The van der Waals surface area contributed by atoms with E-state index in [9.17, 15) is 24.3 Å². The molecular formula is C22H22N2O6S2. The van der Waals surface area contributed by atoms with Gasteiger partial charge in [-0.05, 0) is 74.6 Å². The van der Waals surface area contributed by atoms with Crippen LogP contribution < -0.4 is 0 Å². The quantitative estimate of drug-likeness (QED) is 0.517. The summed E-state index contributed by atoms with van der Waals surface area (Å²) >= 11 is 2.28. The van der Waals surface area contributed by atoms with Gasteiger partial charge in [0.2, 0.25) is 0 Å². The number of fused-ring (bicyclic) bond motifs is 1. The van der Waals surface area contributed by atoms with Crippen LogP contribution in [0.25, 0.3) is 11.1 Å². The van der Waals surface area contributed by atoms with E-state index in [1.54, 1.807) is 6.08 Å². The van der Waals surface area contributed by atoms with Crippen LogP contribution in [0.1, 0.15) is 50.6 Å². The molecule has 0 unspecified atom stereocenters. The number of nitrogens with zero attached hydrogens (tertiary/aromatic N) is 2. The number of hydrogen-bond acceptors (Lipinski definition) is 7. The summed E-state index contributed by atoms with van der Waals surface area (Å²) in [6.45, 7) is 3.32. The number of thioether (sulfide) groups is 1. The van der Waals surface area contributed by atoms with E-state index in [1.165, 1.54) is 18.4 Å². The molecule has 2 aromatic rings. The number of carboxylic acids is 1. The van der Waals surface area contributed by atoms with Crippen molar-refractivity contribution in [3.8, 4) is 5.00 Å². The van der Waals surface area contributed by atoms with Gasteiger partial charge in [-0.25, -0.2) is 4.79 Å². The van der Waals surface area contributed by atoms with Crippen molar-refractivity contribution in [2.75, 3.05) is 13.7 Å². The Bertz CT molecular complexity index is 1190. The topological polar surface area (TPSA) is 106 Å². The minimum atomic E-state index is -0.933. The van der Waals surface area contributed by atoms with E-state index in [4.69, 9.17) is 0 Å². The number of hydrogen-bond donors (Lipinski definition) is 1. The summed E-state index contributed by atoms with van der Waals surface area (Å²) in [7, 11) is 1.19. The summed E-state index contributed by atoms with van der Waals surface area (Å²) in [5.74, 6) is -2.15. The Kier molecular flexibility index (Phi) is 6.00. The fourth-order valence-electron chi connectivity index (χ4n) is 4.15. The second-order valence-electron chi connectivity index (χ2n) is 7.70. The van der Waals surface area contributed by atoms with Gasteiger partial charge >= 0.3 is 11.9 Å². The summed E-state index contributed by atoms with van der Waals surface area (Å²) in [6, 6.07) is 1.87. The first-order valence-corrected chi connectivity index (χ1v) is 11.8. The molecular weight excluding hydrogens is 452 g/mol. The normalized spacial score (nSPS) is 17.2. The molecule has 1 N–H and O–H groups in total. The van der Waals surface area contributed by atoms with Crippen molar-refractivity contribution in [3.63, 3.8) is 0 Å². The van der Waals surface area contributed by atoms with Crippen molar-refractivity contribution >= 4 is 52.3 Å². The van der Waals surface area contributed by atoms with Gasteiger partial charge in [0.25, 0.3) is 11.1 Å². The molecule has 1 aliphatic carbocycles. The van der Waals surface area contributed by atoms with Gasteiger partial charge in [-0.15, -0.1) is 11.3 Å². The molecule has 0 radical (unpaired) electrons. The molecule has 0 atom stereocenters. The van der Waals surface area contributed by atoms with Crippen LogP contribution in [0.3, 0.4) is 0 Å². The molecule has 2 aromatic heterocycles. The van der Waals surface area contributed by atoms with E-state index in [1.807, 2.05) is 24.5 Å². The van der Waals surface area contributed by atoms with Gasteiger partial charge in [0.15, 0.2) is 0 Å². The first-order valence-electron chi connectivity index (χ1n) is 10.1. The standard InChI is InChI=1S/C22H22N2O6S2/c1-11-8-13(9-16-19(26)23(22(29)32-16)10-17(25)30-3)12(2)24(11)20-18(21(27)28)14-6-4-5-7-15(14)31-20/h8-9H,4-7,10H2,1-3H3,(H,27,28)/b16-9+. The number of carbonyl (C=O) groups is 4. The summed E-state index contributed by atoms with van der Waals surface area (Å²) in [5.41, 5.74) is 3.62. The molecule has 0 bridgehead atoms. The average molecular weight is 475 g/mol. The second-order valence-corrected chi connectivity index (χ2v) is 9.78. The van der Waals surface area contributed by atoms with Crippen LogP contribution in [-0.4, -0.2) is 51.3 Å². The zero-order valence-electron chi connectivity index (χ0n) is 17.9. The lowest BCUT2D eigenvalue weighted by molar-refractivity contribution is -0.143. The molecule has 1 aliphatic heterocycles. The van der Waals surface area contributed by atoms with Crippen molar-refractivity contribution < 1.29 is 29.0 Å². The molecule has 2 amide bonds. The average Bonchev–Trinajstić information content (AvgIpc) is 3.35. The Morgan fingerprint density at radius 1 is 1.22 bits per heavy atom. The first kappa shape index (κ1) is 22.3. The van der Waals surface area contributed by atoms with Gasteiger partial charge in [0, 0.05) is 16.3 Å². The molecule has 0 aromatic carbocycles. The van der Waals surface area contributed by atoms with Gasteiger partial charge in [-0.1, -0.05) is 0 Å². The summed E-state index contributed by atoms with van der Waals surface area (Å²) < 4.78 is 6.46. The Labute approximate surface area is 192 Å². The molecule has 168 valence electrons. The summed E-state index contributed by atoms with van der Waals surface area (Å²) in [5, 5.41) is 10.1. The van der Waals surface area contributed by atoms with Gasteiger partial charge < -0.3 is 14.4 Å². The highest BCUT2D eigenvalue weighted by atomic mass is 32.2. The van der Waals surface area contributed by atoms with E-state index in [2.05, 4.69) is 4.74 Å².